The van der Waals surface area contributed by atoms with Crippen LogP contribution in [0, 0.1) is 34.5 Å². The number of ether oxygens (including phenoxy) is 2. The van der Waals surface area contributed by atoms with Gasteiger partial charge in [0.15, 0.2) is 18.0 Å². The Morgan fingerprint density at radius 3 is 2.49 bits per heavy atom. The van der Waals surface area contributed by atoms with Gasteiger partial charge < -0.3 is 14.6 Å². The Hall–Kier alpha value is -2.28. The number of aliphatic hydroxyl groups is 1. The molecule has 35 heavy (non-hydrogen) atoms. The summed E-state index contributed by atoms with van der Waals surface area (Å²) in [5, 5.41) is 11.7. The van der Waals surface area contributed by atoms with Crippen LogP contribution < -0.4 is 0 Å². The van der Waals surface area contributed by atoms with Gasteiger partial charge in [0.25, 0.3) is 0 Å². The maximum atomic E-state index is 13.7. The second-order valence-corrected chi connectivity index (χ2v) is 11.4. The number of rotatable bonds is 6. The molecule has 4 aliphatic carbocycles. The van der Waals surface area contributed by atoms with Gasteiger partial charge in [0.1, 0.15) is 0 Å². The Balaban J connectivity index is 1.74. The van der Waals surface area contributed by atoms with Crippen LogP contribution in [0.15, 0.2) is 23.8 Å². The molecule has 0 aromatic heterocycles. The van der Waals surface area contributed by atoms with Crippen molar-refractivity contribution in [2.24, 2.45) is 34.5 Å². The van der Waals surface area contributed by atoms with Gasteiger partial charge in [-0.25, -0.2) is 0 Å². The standard InChI is InChI=1S/C28H38O7/c1-6-23(32)34-15-22(31)28(35-24(33)7-2)11-9-19-18-12-16(3)20-13-17(29)8-10-26(20,4)25(18)21(30)14-27(19,28)5/h8,10,13,16,18-19,21,25,30H,6-7,9,11-12,14-15H2,1-5H3/t16-,18-,19-,21-,25+,26-,27-,28-/m0/s1. The fourth-order valence-electron chi connectivity index (χ4n) is 8.05. The topological polar surface area (TPSA) is 107 Å². The molecule has 0 saturated heterocycles. The summed E-state index contributed by atoms with van der Waals surface area (Å²) in [6.07, 6.45) is 6.94. The minimum absolute atomic E-state index is 0.0171. The molecule has 7 heteroatoms. The van der Waals surface area contributed by atoms with Gasteiger partial charge in [-0.15, -0.1) is 0 Å². The summed E-state index contributed by atoms with van der Waals surface area (Å²) >= 11 is 0. The van der Waals surface area contributed by atoms with E-state index in [0.29, 0.717) is 19.3 Å². The number of hydrogen-bond acceptors (Lipinski definition) is 7. The molecule has 0 radical (unpaired) electrons. The quantitative estimate of drug-likeness (QED) is 0.570. The minimum Gasteiger partial charge on any atom is -0.457 e. The van der Waals surface area contributed by atoms with Crippen LogP contribution in [0.3, 0.4) is 0 Å². The normalized spacial score (nSPS) is 41.8. The molecule has 7 nitrogen and oxygen atoms in total. The summed E-state index contributed by atoms with van der Waals surface area (Å²) < 4.78 is 11.2. The van der Waals surface area contributed by atoms with Crippen molar-refractivity contribution in [1.82, 2.24) is 0 Å². The molecule has 8 atom stereocenters. The van der Waals surface area contributed by atoms with E-state index in [1.165, 1.54) is 0 Å². The molecule has 0 spiro atoms. The molecule has 0 amide bonds. The van der Waals surface area contributed by atoms with E-state index < -0.39 is 46.9 Å². The first-order valence-electron chi connectivity index (χ1n) is 13.0. The second-order valence-electron chi connectivity index (χ2n) is 11.4. The molecule has 192 valence electrons. The number of hydrogen-bond donors (Lipinski definition) is 1. The lowest BCUT2D eigenvalue weighted by Crippen LogP contribution is -2.63. The number of carbonyl (C=O) groups is 4. The zero-order chi connectivity index (χ0) is 25.8. The van der Waals surface area contributed by atoms with E-state index in [4.69, 9.17) is 9.47 Å². The average Bonchev–Trinajstić information content (AvgIpc) is 3.10. The molecule has 0 unspecified atom stereocenters. The van der Waals surface area contributed by atoms with Crippen molar-refractivity contribution in [3.8, 4) is 0 Å². The molecule has 0 aromatic carbocycles. The summed E-state index contributed by atoms with van der Waals surface area (Å²) in [6, 6.07) is 0. The van der Waals surface area contributed by atoms with E-state index >= 15 is 0 Å². The van der Waals surface area contributed by atoms with Crippen LogP contribution in [-0.2, 0) is 28.7 Å². The van der Waals surface area contributed by atoms with Gasteiger partial charge >= 0.3 is 11.9 Å². The zero-order valence-electron chi connectivity index (χ0n) is 21.5. The highest BCUT2D eigenvalue weighted by molar-refractivity contribution is 6.01. The highest BCUT2D eigenvalue weighted by Crippen LogP contribution is 2.68. The van der Waals surface area contributed by atoms with E-state index in [0.717, 1.165) is 12.0 Å². The fraction of sp³-hybridized carbons (Fsp3) is 0.714. The number of esters is 2. The summed E-state index contributed by atoms with van der Waals surface area (Å²) in [5.74, 6) is -1.19. The molecule has 3 saturated carbocycles. The molecular formula is C28H38O7. The van der Waals surface area contributed by atoms with E-state index in [2.05, 4.69) is 13.8 Å². The third-order valence-corrected chi connectivity index (χ3v) is 9.62. The van der Waals surface area contributed by atoms with Crippen molar-refractivity contribution < 1.29 is 33.8 Å². The van der Waals surface area contributed by atoms with Crippen LogP contribution in [0.2, 0.25) is 0 Å². The van der Waals surface area contributed by atoms with Gasteiger partial charge in [0, 0.05) is 29.6 Å². The molecule has 4 rings (SSSR count). The molecule has 0 aliphatic heterocycles. The number of Topliss-reactive ketones (excluding diaryl/α,β-unsaturated/α-hetero) is 1. The Morgan fingerprint density at radius 1 is 1.14 bits per heavy atom. The Labute approximate surface area is 207 Å². The second kappa shape index (κ2) is 8.99. The predicted molar refractivity (Wildman–Crippen MR) is 128 cm³/mol. The van der Waals surface area contributed by atoms with E-state index in [1.807, 2.05) is 13.0 Å². The Bertz CT molecular complexity index is 995. The van der Waals surface area contributed by atoms with Gasteiger partial charge in [0.2, 0.25) is 5.78 Å². The summed E-state index contributed by atoms with van der Waals surface area (Å²) in [6.45, 7) is 9.10. The number of allylic oxidation sites excluding steroid dienone is 4. The molecule has 0 bridgehead atoms. The van der Waals surface area contributed by atoms with Gasteiger partial charge in [-0.05, 0) is 55.6 Å². The Kier molecular flexibility index (Phi) is 6.62. The highest BCUT2D eigenvalue weighted by Gasteiger charge is 2.70. The lowest BCUT2D eigenvalue weighted by Gasteiger charge is -2.61. The smallest absolute Gasteiger partial charge is 0.306 e. The maximum absolute atomic E-state index is 13.7. The molecule has 1 N–H and O–H groups in total. The molecule has 0 aromatic rings. The fourth-order valence-corrected chi connectivity index (χ4v) is 8.05. The van der Waals surface area contributed by atoms with Gasteiger partial charge in [-0.1, -0.05) is 46.3 Å². The number of carbonyl (C=O) groups excluding carboxylic acids is 4. The lowest BCUT2D eigenvalue weighted by molar-refractivity contribution is -0.201. The first kappa shape index (κ1) is 25.8. The van der Waals surface area contributed by atoms with E-state index in [9.17, 15) is 24.3 Å². The monoisotopic (exact) mass is 486 g/mol. The summed E-state index contributed by atoms with van der Waals surface area (Å²) in [7, 11) is 0. The summed E-state index contributed by atoms with van der Waals surface area (Å²) in [5.41, 5.74) is -1.61. The van der Waals surface area contributed by atoms with Crippen LogP contribution in [0.4, 0.5) is 0 Å². The highest BCUT2D eigenvalue weighted by atomic mass is 16.6. The first-order chi connectivity index (χ1) is 16.4. The van der Waals surface area contributed by atoms with Gasteiger partial charge in [-0.3, -0.25) is 19.2 Å². The van der Waals surface area contributed by atoms with Crippen molar-refractivity contribution >= 4 is 23.5 Å². The van der Waals surface area contributed by atoms with Crippen LogP contribution in [-0.4, -0.2) is 46.9 Å². The van der Waals surface area contributed by atoms with Crippen LogP contribution in [0.5, 0.6) is 0 Å². The Morgan fingerprint density at radius 2 is 1.83 bits per heavy atom. The number of aliphatic hydroxyl groups excluding tert-OH is 1. The average molecular weight is 487 g/mol. The summed E-state index contributed by atoms with van der Waals surface area (Å²) in [4.78, 5) is 50.2. The van der Waals surface area contributed by atoms with E-state index in [1.54, 1.807) is 26.0 Å². The minimum atomic E-state index is -1.44. The van der Waals surface area contributed by atoms with Crippen LogP contribution in [0.25, 0.3) is 0 Å². The van der Waals surface area contributed by atoms with Crippen molar-refractivity contribution in [2.45, 2.75) is 84.8 Å². The molecule has 4 aliphatic rings. The van der Waals surface area contributed by atoms with Crippen molar-refractivity contribution in [3.63, 3.8) is 0 Å². The molecule has 0 heterocycles. The zero-order valence-corrected chi connectivity index (χ0v) is 21.5. The maximum Gasteiger partial charge on any atom is 0.306 e. The van der Waals surface area contributed by atoms with Crippen molar-refractivity contribution in [3.05, 3.63) is 23.8 Å². The van der Waals surface area contributed by atoms with Gasteiger partial charge in [0.05, 0.1) is 6.10 Å². The van der Waals surface area contributed by atoms with Crippen molar-refractivity contribution in [2.75, 3.05) is 6.61 Å². The number of ketones is 2. The van der Waals surface area contributed by atoms with Crippen LogP contribution in [0.1, 0.15) is 73.1 Å². The predicted octanol–water partition coefficient (Wildman–Crippen LogP) is 3.73. The third-order valence-electron chi connectivity index (χ3n) is 9.62. The lowest BCUT2D eigenvalue weighted by atomic mass is 9.44. The first-order valence-corrected chi connectivity index (χ1v) is 13.0. The SMILES string of the molecule is CCC(=O)OCC(=O)[C@@]1(OC(=O)CC)CC[C@H]2[C@@H]3C[C@H](C)C4=CC(=O)C=C[C@]4(C)[C@H]3[C@@H](O)C[C@@]21C. The molecular weight excluding hydrogens is 448 g/mol. The van der Waals surface area contributed by atoms with Gasteiger partial charge in [-0.2, -0.15) is 0 Å². The van der Waals surface area contributed by atoms with Crippen LogP contribution >= 0.6 is 0 Å². The largest absolute Gasteiger partial charge is 0.457 e. The number of fused-ring (bicyclic) bond motifs is 5. The van der Waals surface area contributed by atoms with E-state index in [-0.39, 0.29) is 42.3 Å². The third kappa shape index (κ3) is 3.81. The van der Waals surface area contributed by atoms with Crippen molar-refractivity contribution in [1.29, 1.82) is 0 Å². The molecule has 3 fully saturated rings.